The molecule has 36 heavy (non-hydrogen) atoms. The van der Waals surface area contributed by atoms with E-state index in [0.29, 0.717) is 12.4 Å². The van der Waals surface area contributed by atoms with E-state index in [-0.39, 0.29) is 6.61 Å². The summed E-state index contributed by atoms with van der Waals surface area (Å²) in [7, 11) is 0. The first-order chi connectivity index (χ1) is 17.5. The molecule has 3 aromatic carbocycles. The van der Waals surface area contributed by atoms with Crippen molar-refractivity contribution in [3.63, 3.8) is 0 Å². The molecular formula is C29H29NO5S. The fourth-order valence-electron chi connectivity index (χ4n) is 3.93. The molecule has 1 N–H and O–H groups in total. The zero-order chi connectivity index (χ0) is 25.4. The molecule has 4 aromatic rings. The number of aromatic nitrogens is 1. The van der Waals surface area contributed by atoms with E-state index in [9.17, 15) is 4.79 Å². The molecule has 0 fully saturated rings. The Bertz CT molecular complexity index is 1280. The fourth-order valence-corrected chi connectivity index (χ4v) is 5.19. The zero-order valence-electron chi connectivity index (χ0n) is 20.3. The quantitative estimate of drug-likeness (QED) is 0.215. The van der Waals surface area contributed by atoms with Crippen LogP contribution in [0.4, 0.5) is 0 Å². The number of thioether (sulfide) groups is 1. The molecule has 7 heteroatoms. The number of oxazole rings is 1. The summed E-state index contributed by atoms with van der Waals surface area (Å²) in [5.74, 6) is 0.377. The molecule has 1 atom stereocenters. The molecule has 1 heterocycles. The third-order valence-corrected chi connectivity index (χ3v) is 7.12. The number of benzene rings is 3. The van der Waals surface area contributed by atoms with Gasteiger partial charge in [0, 0.05) is 4.90 Å². The Labute approximate surface area is 215 Å². The molecule has 1 aromatic heterocycles. The van der Waals surface area contributed by atoms with Crippen molar-refractivity contribution >= 4 is 17.7 Å². The van der Waals surface area contributed by atoms with E-state index < -0.39 is 10.7 Å². The topological polar surface area (TPSA) is 81.8 Å². The highest BCUT2D eigenvalue weighted by Crippen LogP contribution is 2.47. The van der Waals surface area contributed by atoms with Gasteiger partial charge < -0.3 is 19.0 Å². The normalized spacial score (nSPS) is 12.6. The predicted octanol–water partition coefficient (Wildman–Crippen LogP) is 6.73. The summed E-state index contributed by atoms with van der Waals surface area (Å²) in [6.45, 7) is 4.31. The van der Waals surface area contributed by atoms with Gasteiger partial charge in [-0.05, 0) is 60.4 Å². The highest BCUT2D eigenvalue weighted by atomic mass is 32.2. The van der Waals surface area contributed by atoms with Crippen LogP contribution in [0.15, 0.2) is 94.8 Å². The van der Waals surface area contributed by atoms with Crippen LogP contribution in [-0.2, 0) is 22.6 Å². The van der Waals surface area contributed by atoms with E-state index in [1.54, 1.807) is 18.0 Å². The molecule has 0 aliphatic rings. The number of nitrogens with zero attached hydrogens (tertiary/aromatic N) is 1. The second kappa shape index (κ2) is 11.8. The smallest absolute Gasteiger partial charge is 0.341 e. The Morgan fingerprint density at radius 2 is 1.89 bits per heavy atom. The number of hydrogen-bond acceptors (Lipinski definition) is 6. The summed E-state index contributed by atoms with van der Waals surface area (Å²) in [4.78, 5) is 16.5. The average Bonchev–Trinajstić information content (AvgIpc) is 3.44. The largest absolute Gasteiger partial charge is 0.489 e. The van der Waals surface area contributed by atoms with Crippen LogP contribution in [0.1, 0.15) is 42.7 Å². The van der Waals surface area contributed by atoms with Crippen LogP contribution in [0.5, 0.6) is 11.5 Å². The van der Waals surface area contributed by atoms with Crippen LogP contribution < -0.4 is 9.47 Å². The summed E-state index contributed by atoms with van der Waals surface area (Å²) >= 11 is 1.65. The minimum atomic E-state index is -0.996. The number of hydrogen-bond donors (Lipinski definition) is 1. The monoisotopic (exact) mass is 503 g/mol. The van der Waals surface area contributed by atoms with Crippen molar-refractivity contribution in [2.45, 2.75) is 42.9 Å². The lowest BCUT2D eigenvalue weighted by atomic mass is 9.97. The summed E-state index contributed by atoms with van der Waals surface area (Å²) in [5.41, 5.74) is 3.89. The van der Waals surface area contributed by atoms with Crippen molar-refractivity contribution in [1.29, 1.82) is 0 Å². The maximum absolute atomic E-state index is 11.0. The van der Waals surface area contributed by atoms with Gasteiger partial charge in [-0.15, -0.1) is 11.8 Å². The SMILES string of the molecule is CCCc1cc(SC(C)(c2cccc(OCc3ccccc3)c2)c2cocn2)ccc1OCC(=O)O. The van der Waals surface area contributed by atoms with Gasteiger partial charge in [0.2, 0.25) is 0 Å². The van der Waals surface area contributed by atoms with Gasteiger partial charge in [-0.2, -0.15) is 0 Å². The van der Waals surface area contributed by atoms with Crippen LogP contribution in [0, 0.1) is 0 Å². The van der Waals surface area contributed by atoms with Crippen molar-refractivity contribution < 1.29 is 23.8 Å². The minimum Gasteiger partial charge on any atom is -0.489 e. The molecule has 186 valence electrons. The third kappa shape index (κ3) is 6.29. The van der Waals surface area contributed by atoms with Gasteiger partial charge in [0.05, 0.1) is 10.4 Å². The Balaban J connectivity index is 1.62. The van der Waals surface area contributed by atoms with Crippen molar-refractivity contribution in [2.24, 2.45) is 0 Å². The number of carbonyl (C=O) groups is 1. The Morgan fingerprint density at radius 1 is 1.06 bits per heavy atom. The van der Waals surface area contributed by atoms with Crippen LogP contribution >= 0.6 is 11.8 Å². The Morgan fingerprint density at radius 3 is 2.61 bits per heavy atom. The molecule has 0 saturated heterocycles. The lowest BCUT2D eigenvalue weighted by Crippen LogP contribution is -2.20. The number of rotatable bonds is 12. The summed E-state index contributed by atoms with van der Waals surface area (Å²) in [6, 6.07) is 24.0. The van der Waals surface area contributed by atoms with Gasteiger partial charge >= 0.3 is 5.97 Å². The second-order valence-electron chi connectivity index (χ2n) is 8.51. The van der Waals surface area contributed by atoms with Crippen molar-refractivity contribution in [3.8, 4) is 11.5 Å². The molecule has 0 spiro atoms. The number of aliphatic carboxylic acids is 1. The minimum absolute atomic E-state index is 0.365. The molecule has 0 aliphatic carbocycles. The van der Waals surface area contributed by atoms with Gasteiger partial charge in [-0.3, -0.25) is 0 Å². The molecule has 0 aliphatic heterocycles. The maximum atomic E-state index is 11.0. The molecule has 0 radical (unpaired) electrons. The number of aryl methyl sites for hydroxylation is 1. The van der Waals surface area contributed by atoms with Gasteiger partial charge in [0.25, 0.3) is 0 Å². The van der Waals surface area contributed by atoms with E-state index >= 15 is 0 Å². The number of carboxylic acids is 1. The summed E-state index contributed by atoms with van der Waals surface area (Å²) < 4.78 is 16.4. The highest BCUT2D eigenvalue weighted by Gasteiger charge is 2.33. The maximum Gasteiger partial charge on any atom is 0.341 e. The van der Waals surface area contributed by atoms with E-state index in [0.717, 1.165) is 45.9 Å². The molecule has 0 bridgehead atoms. The molecule has 1 unspecified atom stereocenters. The third-order valence-electron chi connectivity index (χ3n) is 5.78. The van der Waals surface area contributed by atoms with Crippen molar-refractivity contribution in [2.75, 3.05) is 6.61 Å². The first-order valence-corrected chi connectivity index (χ1v) is 12.6. The van der Waals surface area contributed by atoms with Crippen molar-refractivity contribution in [3.05, 3.63) is 108 Å². The molecule has 0 saturated carbocycles. The Kier molecular flexibility index (Phi) is 8.33. The lowest BCUT2D eigenvalue weighted by Gasteiger charge is -2.28. The van der Waals surface area contributed by atoms with Crippen molar-refractivity contribution in [1.82, 2.24) is 4.98 Å². The second-order valence-corrected chi connectivity index (χ2v) is 10.0. The predicted molar refractivity (Wildman–Crippen MR) is 140 cm³/mol. The standard InChI is InChI=1S/C29H29NO5S/c1-3-8-22-15-25(13-14-26(22)35-19-28(31)32)36-29(2,27-18-33-20-30-27)23-11-7-12-24(16-23)34-17-21-9-5-4-6-10-21/h4-7,9-16,18,20H,3,8,17,19H2,1-2H3,(H,31,32). The van der Waals surface area contributed by atoms with Crippen LogP contribution in [-0.4, -0.2) is 22.7 Å². The number of ether oxygens (including phenoxy) is 2. The number of carboxylic acid groups (broad SMARTS) is 1. The molecule has 4 rings (SSSR count). The van der Waals surface area contributed by atoms with Gasteiger partial charge in [0.15, 0.2) is 13.0 Å². The molecule has 6 nitrogen and oxygen atoms in total. The summed E-state index contributed by atoms with van der Waals surface area (Å²) in [5, 5.41) is 9.00. The summed E-state index contributed by atoms with van der Waals surface area (Å²) in [6.07, 6.45) is 4.81. The van der Waals surface area contributed by atoms with Gasteiger partial charge in [-0.1, -0.05) is 55.8 Å². The zero-order valence-corrected chi connectivity index (χ0v) is 21.2. The van der Waals surface area contributed by atoms with Gasteiger partial charge in [-0.25, -0.2) is 9.78 Å². The van der Waals surface area contributed by atoms with Crippen LogP contribution in [0.25, 0.3) is 0 Å². The van der Waals surface area contributed by atoms with E-state index in [1.165, 1.54) is 6.39 Å². The fraction of sp³-hybridized carbons (Fsp3) is 0.241. The van der Waals surface area contributed by atoms with Crippen LogP contribution in [0.2, 0.25) is 0 Å². The lowest BCUT2D eigenvalue weighted by molar-refractivity contribution is -0.139. The first-order valence-electron chi connectivity index (χ1n) is 11.8. The van der Waals surface area contributed by atoms with E-state index in [1.807, 2.05) is 60.7 Å². The molecular weight excluding hydrogens is 474 g/mol. The van der Waals surface area contributed by atoms with E-state index in [4.69, 9.17) is 19.0 Å². The van der Waals surface area contributed by atoms with Gasteiger partial charge in [0.1, 0.15) is 24.4 Å². The molecule has 0 amide bonds. The highest BCUT2D eigenvalue weighted by molar-refractivity contribution is 8.00. The Hall–Kier alpha value is -3.71. The average molecular weight is 504 g/mol. The van der Waals surface area contributed by atoms with E-state index in [2.05, 4.69) is 31.0 Å². The first kappa shape index (κ1) is 25.4. The van der Waals surface area contributed by atoms with Crippen LogP contribution in [0.3, 0.4) is 0 Å².